The van der Waals surface area contributed by atoms with Gasteiger partial charge in [0.15, 0.2) is 0 Å². The van der Waals surface area contributed by atoms with Crippen LogP contribution in [0.3, 0.4) is 0 Å². The molecule has 96 valence electrons. The van der Waals surface area contributed by atoms with Gasteiger partial charge in [0, 0.05) is 13.1 Å². The van der Waals surface area contributed by atoms with E-state index in [1.54, 1.807) is 11.0 Å². The van der Waals surface area contributed by atoms with E-state index in [4.69, 9.17) is 5.26 Å². The van der Waals surface area contributed by atoms with Gasteiger partial charge in [-0.05, 0) is 38.5 Å². The van der Waals surface area contributed by atoms with Gasteiger partial charge in [-0.3, -0.25) is 4.79 Å². The molecule has 4 nitrogen and oxygen atoms in total. The summed E-state index contributed by atoms with van der Waals surface area (Å²) in [5.74, 6) is 0.0467. The lowest BCUT2D eigenvalue weighted by Gasteiger charge is -2.19. The van der Waals surface area contributed by atoms with Crippen LogP contribution in [0.25, 0.3) is 0 Å². The number of anilines is 1. The average molecular weight is 245 g/mol. The van der Waals surface area contributed by atoms with Crippen LogP contribution in [0.2, 0.25) is 0 Å². The van der Waals surface area contributed by atoms with Gasteiger partial charge >= 0.3 is 0 Å². The van der Waals surface area contributed by atoms with E-state index in [1.165, 1.54) is 0 Å². The zero-order chi connectivity index (χ0) is 13.5. The zero-order valence-corrected chi connectivity index (χ0v) is 11.2. The maximum atomic E-state index is 11.8. The van der Waals surface area contributed by atoms with E-state index >= 15 is 0 Å². The first-order chi connectivity index (χ1) is 8.62. The van der Waals surface area contributed by atoms with Gasteiger partial charge in [-0.15, -0.1) is 0 Å². The van der Waals surface area contributed by atoms with Gasteiger partial charge in [0.05, 0.1) is 17.8 Å². The minimum Gasteiger partial charge on any atom is -0.375 e. The molecule has 1 aromatic carbocycles. The first-order valence-electron chi connectivity index (χ1n) is 6.14. The van der Waals surface area contributed by atoms with Crippen molar-refractivity contribution in [3.8, 4) is 6.07 Å². The van der Waals surface area contributed by atoms with Crippen molar-refractivity contribution in [1.29, 1.82) is 5.26 Å². The fourth-order valence-corrected chi connectivity index (χ4v) is 1.76. The van der Waals surface area contributed by atoms with E-state index in [-0.39, 0.29) is 12.5 Å². The van der Waals surface area contributed by atoms with E-state index in [1.807, 2.05) is 32.9 Å². The van der Waals surface area contributed by atoms with Crippen LogP contribution in [0.5, 0.6) is 0 Å². The maximum absolute atomic E-state index is 11.8. The number of likely N-dealkylation sites (N-methyl/N-ethyl adjacent to an activating group) is 1. The molecular weight excluding hydrogens is 226 g/mol. The average Bonchev–Trinajstić information content (AvgIpc) is 2.38. The maximum Gasteiger partial charge on any atom is 0.241 e. The molecule has 1 N–H and O–H groups in total. The summed E-state index contributed by atoms with van der Waals surface area (Å²) in [5.41, 5.74) is 2.35. The van der Waals surface area contributed by atoms with Crippen LogP contribution in [-0.2, 0) is 4.79 Å². The van der Waals surface area contributed by atoms with Crippen molar-refractivity contribution in [1.82, 2.24) is 4.90 Å². The Morgan fingerprint density at radius 2 is 2.06 bits per heavy atom. The van der Waals surface area contributed by atoms with Crippen molar-refractivity contribution in [2.24, 2.45) is 0 Å². The van der Waals surface area contributed by atoms with Gasteiger partial charge in [-0.2, -0.15) is 5.26 Å². The van der Waals surface area contributed by atoms with Crippen molar-refractivity contribution >= 4 is 11.6 Å². The van der Waals surface area contributed by atoms with Gasteiger partial charge < -0.3 is 10.2 Å². The predicted octanol–water partition coefficient (Wildman–Crippen LogP) is 2.15. The number of aryl methyl sites for hydroxylation is 1. The summed E-state index contributed by atoms with van der Waals surface area (Å²) in [4.78, 5) is 13.6. The second kappa shape index (κ2) is 6.65. The van der Waals surface area contributed by atoms with Crippen LogP contribution in [0.1, 0.15) is 25.0 Å². The highest BCUT2D eigenvalue weighted by Crippen LogP contribution is 2.16. The van der Waals surface area contributed by atoms with E-state index in [9.17, 15) is 4.79 Å². The number of nitriles is 1. The Kier molecular flexibility index (Phi) is 5.19. The van der Waals surface area contributed by atoms with Gasteiger partial charge in [-0.1, -0.05) is 6.07 Å². The molecule has 1 amide bonds. The lowest BCUT2D eigenvalue weighted by molar-refractivity contribution is -0.128. The molecule has 0 atom stereocenters. The molecule has 0 aliphatic heterocycles. The van der Waals surface area contributed by atoms with Crippen LogP contribution in [-0.4, -0.2) is 30.4 Å². The third kappa shape index (κ3) is 3.49. The number of carbonyl (C=O) groups excluding carboxylic acids is 1. The first kappa shape index (κ1) is 14.0. The summed E-state index contributed by atoms with van der Waals surface area (Å²) in [6, 6.07) is 7.65. The lowest BCUT2D eigenvalue weighted by Crippen LogP contribution is -2.35. The fourth-order valence-electron chi connectivity index (χ4n) is 1.76. The van der Waals surface area contributed by atoms with Gasteiger partial charge in [0.2, 0.25) is 5.91 Å². The number of benzene rings is 1. The van der Waals surface area contributed by atoms with Crippen LogP contribution in [0.15, 0.2) is 18.2 Å². The van der Waals surface area contributed by atoms with E-state index in [0.717, 1.165) is 11.3 Å². The molecule has 0 aliphatic carbocycles. The Labute approximate surface area is 108 Å². The minimum atomic E-state index is 0.0467. The number of nitrogens with zero attached hydrogens (tertiary/aromatic N) is 2. The summed E-state index contributed by atoms with van der Waals surface area (Å²) in [6.07, 6.45) is 0. The molecule has 0 spiro atoms. The van der Waals surface area contributed by atoms with Crippen molar-refractivity contribution in [2.45, 2.75) is 20.8 Å². The fraction of sp³-hybridized carbons (Fsp3) is 0.429. The highest BCUT2D eigenvalue weighted by atomic mass is 16.2. The Hall–Kier alpha value is -2.02. The second-order valence-corrected chi connectivity index (χ2v) is 4.08. The molecule has 0 saturated carbocycles. The van der Waals surface area contributed by atoms with E-state index in [2.05, 4.69) is 11.4 Å². The number of nitrogens with one attached hydrogen (secondary N) is 1. The first-order valence-corrected chi connectivity index (χ1v) is 6.14. The number of rotatable bonds is 5. The monoisotopic (exact) mass is 245 g/mol. The topological polar surface area (TPSA) is 56.1 Å². The zero-order valence-electron chi connectivity index (χ0n) is 11.2. The Bertz CT molecular complexity index is 459. The number of amides is 1. The van der Waals surface area contributed by atoms with Crippen molar-refractivity contribution < 1.29 is 4.79 Å². The summed E-state index contributed by atoms with van der Waals surface area (Å²) in [5, 5.41) is 12.0. The number of hydrogen-bond acceptors (Lipinski definition) is 3. The van der Waals surface area contributed by atoms with Crippen LogP contribution >= 0.6 is 0 Å². The normalized spacial score (nSPS) is 9.67. The molecule has 1 aromatic rings. The molecule has 0 radical (unpaired) electrons. The standard InChI is InChI=1S/C14H19N3O/c1-4-17(5-2)14(18)10-16-13-8-11(3)6-7-12(13)9-15/h6-8,16H,4-5,10H2,1-3H3. The van der Waals surface area contributed by atoms with Gasteiger partial charge in [0.1, 0.15) is 6.07 Å². The number of carbonyl (C=O) groups is 1. The largest absolute Gasteiger partial charge is 0.375 e. The Balaban J connectivity index is 2.72. The summed E-state index contributed by atoms with van der Waals surface area (Å²) < 4.78 is 0. The van der Waals surface area contributed by atoms with Crippen molar-refractivity contribution in [3.63, 3.8) is 0 Å². The second-order valence-electron chi connectivity index (χ2n) is 4.08. The quantitative estimate of drug-likeness (QED) is 0.864. The SMILES string of the molecule is CCN(CC)C(=O)CNc1cc(C)ccc1C#N. The van der Waals surface area contributed by atoms with E-state index in [0.29, 0.717) is 18.7 Å². The predicted molar refractivity (Wildman–Crippen MR) is 72.3 cm³/mol. The lowest BCUT2D eigenvalue weighted by atomic mass is 10.1. The molecule has 0 aliphatic rings. The Morgan fingerprint density at radius 3 is 2.61 bits per heavy atom. The molecule has 0 fully saturated rings. The highest BCUT2D eigenvalue weighted by molar-refractivity contribution is 5.81. The third-order valence-electron chi connectivity index (χ3n) is 2.84. The highest BCUT2D eigenvalue weighted by Gasteiger charge is 2.10. The van der Waals surface area contributed by atoms with Crippen LogP contribution < -0.4 is 5.32 Å². The molecule has 0 heterocycles. The number of hydrogen-bond donors (Lipinski definition) is 1. The smallest absolute Gasteiger partial charge is 0.241 e. The molecule has 1 rings (SSSR count). The van der Waals surface area contributed by atoms with Crippen molar-refractivity contribution in [3.05, 3.63) is 29.3 Å². The summed E-state index contributed by atoms with van der Waals surface area (Å²) in [6.45, 7) is 7.49. The third-order valence-corrected chi connectivity index (χ3v) is 2.84. The van der Waals surface area contributed by atoms with Crippen LogP contribution in [0, 0.1) is 18.3 Å². The molecular formula is C14H19N3O. The molecule has 0 bridgehead atoms. The molecule has 4 heteroatoms. The molecule has 0 saturated heterocycles. The van der Waals surface area contributed by atoms with Crippen molar-refractivity contribution in [2.75, 3.05) is 25.0 Å². The minimum absolute atomic E-state index is 0.0467. The van der Waals surface area contributed by atoms with Crippen LogP contribution in [0.4, 0.5) is 5.69 Å². The van der Waals surface area contributed by atoms with E-state index < -0.39 is 0 Å². The van der Waals surface area contributed by atoms with Gasteiger partial charge in [-0.25, -0.2) is 0 Å². The summed E-state index contributed by atoms with van der Waals surface area (Å²) in [7, 11) is 0. The van der Waals surface area contributed by atoms with Gasteiger partial charge in [0.25, 0.3) is 0 Å². The summed E-state index contributed by atoms with van der Waals surface area (Å²) >= 11 is 0. The molecule has 18 heavy (non-hydrogen) atoms. The Morgan fingerprint density at radius 1 is 1.39 bits per heavy atom. The molecule has 0 unspecified atom stereocenters. The molecule has 0 aromatic heterocycles.